The van der Waals surface area contributed by atoms with Gasteiger partial charge in [-0.1, -0.05) is 61.6 Å². The zero-order valence-corrected chi connectivity index (χ0v) is 49.0. The Hall–Kier alpha value is -7.84. The molecule has 23 nitrogen and oxygen atoms in total. The number of aryl methyl sites for hydroxylation is 1. The van der Waals surface area contributed by atoms with Gasteiger partial charge in [0.2, 0.25) is 12.2 Å². The minimum Gasteiger partial charge on any atom is -0.479 e. The largest absolute Gasteiger partial charge is 0.479 e. The van der Waals surface area contributed by atoms with Gasteiger partial charge in [0, 0.05) is 67.7 Å². The predicted molar refractivity (Wildman–Crippen MR) is 319 cm³/mol. The Balaban J connectivity index is 0.720. The van der Waals surface area contributed by atoms with E-state index in [0.717, 1.165) is 78.5 Å². The number of hydrogen-bond donors (Lipinski definition) is 8. The highest BCUT2D eigenvalue weighted by atomic mass is 32.1. The quantitative estimate of drug-likeness (QED) is 0.0385. The van der Waals surface area contributed by atoms with Crippen molar-refractivity contribution >= 4 is 74.1 Å². The number of nitrogens with two attached hydrogens (primary N) is 1. The fraction of sp³-hybridized carbons (Fsp3) is 0.452. The summed E-state index contributed by atoms with van der Waals surface area (Å²) in [6.07, 6.45) is 2.34. The van der Waals surface area contributed by atoms with Crippen LogP contribution in [0.1, 0.15) is 92.5 Å². The highest BCUT2D eigenvalue weighted by molar-refractivity contribution is 7.22. The molecule has 2 unspecified atom stereocenters. The summed E-state index contributed by atoms with van der Waals surface area (Å²) in [6, 6.07) is 21.4. The van der Waals surface area contributed by atoms with Gasteiger partial charge in [0.05, 0.1) is 40.0 Å². The number of carboxylic acids is 2. The number of rotatable bonds is 19. The molecule has 4 bridgehead atoms. The van der Waals surface area contributed by atoms with Crippen LogP contribution in [0.2, 0.25) is 0 Å². The monoisotopic (exact) mass is 1200 g/mol. The Labute approximate surface area is 499 Å². The van der Waals surface area contributed by atoms with Crippen LogP contribution in [0.5, 0.6) is 5.75 Å². The second kappa shape index (κ2) is 23.8. The van der Waals surface area contributed by atoms with E-state index in [4.69, 9.17) is 34.8 Å². The van der Waals surface area contributed by atoms with Crippen molar-refractivity contribution in [3.05, 3.63) is 108 Å². The van der Waals surface area contributed by atoms with Crippen LogP contribution in [0.15, 0.2) is 85.1 Å². The number of ether oxygens (including phenoxy) is 4. The SMILES string of the molecule is Cc1c(-c2ccc(-c3ccc4c(c3)N(C(=O)Nc3nc5ccccc5s3)CCC4)nc2C(=O)O)cnn1CC12CC3(C)CC(C)(C1)CC(OCCN(C)C(=O)OC/C=C/c1ccc(O[C@@H]4O[C@H](C(=O)O)[C@@H](O)[C@H](O)[C@H]4O)c(NC(=O)CCN)c1)(C3)C2. The molecule has 3 aromatic heterocycles. The second-order valence-electron chi connectivity index (χ2n) is 24.5. The maximum Gasteiger partial charge on any atom is 0.409 e. The van der Waals surface area contributed by atoms with Crippen LogP contribution in [0, 0.1) is 23.2 Å². The fourth-order valence-electron chi connectivity index (χ4n) is 14.7. The van der Waals surface area contributed by atoms with Crippen molar-refractivity contribution in [2.75, 3.05) is 55.4 Å². The molecular weight excluding hydrogens is 1130 g/mol. The number of nitrogens with zero attached hydrogens (tertiary/aromatic N) is 6. The first-order valence-electron chi connectivity index (χ1n) is 28.8. The number of nitrogens with one attached hydrogen (secondary N) is 2. The zero-order valence-electron chi connectivity index (χ0n) is 48.2. The van der Waals surface area contributed by atoms with Crippen LogP contribution >= 0.6 is 11.3 Å². The zero-order chi connectivity index (χ0) is 60.9. The first-order chi connectivity index (χ1) is 41.0. The molecule has 4 saturated carbocycles. The van der Waals surface area contributed by atoms with Gasteiger partial charge in [0.1, 0.15) is 30.7 Å². The van der Waals surface area contributed by atoms with E-state index in [1.165, 1.54) is 28.4 Å². The number of aliphatic hydroxyl groups is 3. The van der Waals surface area contributed by atoms with E-state index in [1.54, 1.807) is 42.4 Å². The van der Waals surface area contributed by atoms with E-state index >= 15 is 0 Å². The number of anilines is 3. The molecule has 12 rings (SSSR count). The van der Waals surface area contributed by atoms with Crippen molar-refractivity contribution in [2.24, 2.45) is 22.0 Å². The molecule has 24 heteroatoms. The normalized spacial score (nSPS) is 26.6. The Morgan fingerprint density at radius 2 is 1.67 bits per heavy atom. The average Bonchev–Trinajstić information content (AvgIpc) is 0.752. The second-order valence-corrected chi connectivity index (χ2v) is 25.6. The number of fused-ring (bicyclic) bond motifs is 2. The number of benzene rings is 3. The number of urea groups is 1. The summed E-state index contributed by atoms with van der Waals surface area (Å²) in [7, 11) is 1.65. The van der Waals surface area contributed by atoms with Gasteiger partial charge in [-0.05, 0) is 134 Å². The number of para-hydroxylation sites is 1. The van der Waals surface area contributed by atoms with Gasteiger partial charge in [-0.25, -0.2) is 29.1 Å². The van der Waals surface area contributed by atoms with Crippen LogP contribution in [-0.2, 0) is 36.8 Å². The van der Waals surface area contributed by atoms with E-state index in [2.05, 4.69) is 29.5 Å². The Kier molecular flexibility index (Phi) is 16.6. The molecule has 0 radical (unpaired) electrons. The molecule has 6 aromatic rings. The predicted octanol–water partition coefficient (Wildman–Crippen LogP) is 7.69. The van der Waals surface area contributed by atoms with Crippen molar-refractivity contribution in [1.82, 2.24) is 24.6 Å². The van der Waals surface area contributed by atoms with Gasteiger partial charge in [-0.3, -0.25) is 19.7 Å². The maximum atomic E-state index is 13.8. The third kappa shape index (κ3) is 12.3. The number of hydrogen-bond acceptors (Lipinski definition) is 17. The molecule has 4 aliphatic carbocycles. The van der Waals surface area contributed by atoms with Crippen molar-refractivity contribution in [3.8, 4) is 28.1 Å². The first-order valence-corrected chi connectivity index (χ1v) is 29.6. The van der Waals surface area contributed by atoms with Crippen LogP contribution < -0.4 is 26.0 Å². The smallest absolute Gasteiger partial charge is 0.409 e. The van der Waals surface area contributed by atoms with Crippen molar-refractivity contribution < 1.29 is 68.5 Å². The number of aromatic nitrogens is 4. The molecule has 454 valence electrons. The summed E-state index contributed by atoms with van der Waals surface area (Å²) < 4.78 is 26.5. The lowest BCUT2D eigenvalue weighted by atomic mass is 9.39. The molecule has 5 fully saturated rings. The fourth-order valence-corrected chi connectivity index (χ4v) is 15.6. The van der Waals surface area contributed by atoms with Crippen molar-refractivity contribution in [3.63, 3.8) is 0 Å². The minimum atomic E-state index is -1.92. The highest BCUT2D eigenvalue weighted by Gasteiger charge is 2.66. The summed E-state index contributed by atoms with van der Waals surface area (Å²) in [5, 5.41) is 62.2. The van der Waals surface area contributed by atoms with E-state index < -0.39 is 60.2 Å². The number of carbonyl (C=O) groups is 5. The lowest BCUT2D eigenvalue weighted by Gasteiger charge is -2.69. The van der Waals surface area contributed by atoms with Gasteiger partial charge in [0.15, 0.2) is 16.9 Å². The molecule has 5 heterocycles. The number of likely N-dealkylation sites (N-methyl/N-ethyl adjacent to an activating group) is 1. The van der Waals surface area contributed by atoms with Gasteiger partial charge < -0.3 is 60.4 Å². The summed E-state index contributed by atoms with van der Waals surface area (Å²) in [5.74, 6) is -3.25. The Morgan fingerprint density at radius 1 is 0.895 bits per heavy atom. The number of aliphatic carboxylic acids is 1. The number of pyridine rings is 1. The van der Waals surface area contributed by atoms with Crippen LogP contribution in [0.3, 0.4) is 0 Å². The molecule has 3 aromatic carbocycles. The number of carboxylic acid groups (broad SMARTS) is 2. The lowest BCUT2D eigenvalue weighted by molar-refractivity contribution is -0.271. The van der Waals surface area contributed by atoms with Gasteiger partial charge in [-0.2, -0.15) is 5.10 Å². The topological polar surface area (TPSA) is 324 Å². The Morgan fingerprint density at radius 3 is 2.42 bits per heavy atom. The maximum absolute atomic E-state index is 13.8. The standard InChI is InChI=1S/C62H71N9O14S/c1-35-40(39-16-17-41(66-48(39)53(76)77)38-15-14-37-10-7-21-70(44(37)26-38)57(80)68-56-67-42-11-5-6-12-46(42)86-56)27-64-71(35)34-61-29-59(2)28-60(3,30-61)32-62(31-59,33-61)83-24-22-69(4)58(81)82-23-8-9-36-13-18-45(43(25-36)65-47(72)19-20-63)84-55-51(75)49(73)50(74)52(85-55)54(78)79/h5-6,8-9,11-18,25-27,49-52,55,73-75H,7,10,19-24,28-34,63H2,1-4H3,(H,65,72)(H,76,77)(H,78,79)(H,67,68,80)/b9-8+/t49-,50-,51+,52-,55+,59?,60?,61?,62?/m0/s1. The molecule has 2 aliphatic heterocycles. The summed E-state index contributed by atoms with van der Waals surface area (Å²) >= 11 is 1.41. The molecule has 9 N–H and O–H groups in total. The molecule has 7 atom stereocenters. The van der Waals surface area contributed by atoms with E-state index in [-0.39, 0.29) is 72.1 Å². The molecule has 0 spiro atoms. The highest BCUT2D eigenvalue weighted by Crippen LogP contribution is 2.72. The summed E-state index contributed by atoms with van der Waals surface area (Å²) in [5.41, 5.74) is 11.2. The van der Waals surface area contributed by atoms with Crippen LogP contribution in [-0.4, -0.2) is 156 Å². The van der Waals surface area contributed by atoms with Gasteiger partial charge in [-0.15, -0.1) is 0 Å². The molecular formula is C62H71N9O14S. The number of aliphatic hydroxyl groups excluding tert-OH is 3. The lowest BCUT2D eigenvalue weighted by Crippen LogP contribution is -2.64. The van der Waals surface area contributed by atoms with Crippen LogP contribution in [0.4, 0.5) is 26.1 Å². The molecule has 86 heavy (non-hydrogen) atoms. The third-order valence-corrected chi connectivity index (χ3v) is 18.3. The Bertz CT molecular complexity index is 3590. The van der Waals surface area contributed by atoms with Gasteiger partial charge in [0.25, 0.3) is 0 Å². The van der Waals surface area contributed by atoms with Crippen molar-refractivity contribution in [1.29, 1.82) is 0 Å². The summed E-state index contributed by atoms with van der Waals surface area (Å²) in [6.45, 7) is 8.32. The van der Waals surface area contributed by atoms with E-state index in [0.29, 0.717) is 46.2 Å². The van der Waals surface area contributed by atoms with Gasteiger partial charge >= 0.3 is 24.1 Å². The third-order valence-electron chi connectivity index (χ3n) is 17.3. The molecule has 1 saturated heterocycles. The number of amides is 4. The number of carbonyl (C=O) groups excluding carboxylic acids is 3. The number of aromatic carboxylic acids is 1. The average molecular weight is 1200 g/mol. The molecule has 6 aliphatic rings. The molecule has 4 amide bonds. The van der Waals surface area contributed by atoms with Crippen LogP contribution in [0.25, 0.3) is 38.7 Å². The summed E-state index contributed by atoms with van der Waals surface area (Å²) in [4.78, 5) is 76.9. The van der Waals surface area contributed by atoms with E-state index in [1.807, 2.05) is 60.1 Å². The van der Waals surface area contributed by atoms with E-state index in [9.17, 15) is 49.5 Å². The minimum absolute atomic E-state index is 0.00479. The van der Waals surface area contributed by atoms with Crippen molar-refractivity contribution in [2.45, 2.75) is 121 Å². The number of thiazole rings is 1. The first kappa shape index (κ1) is 59.9.